The molecular weight excluding hydrogens is 266 g/mol. The molecule has 0 unspecified atom stereocenters. The number of carbonyl (C=O) groups is 2. The number of anilines is 1. The van der Waals surface area contributed by atoms with Gasteiger partial charge in [-0.3, -0.25) is 4.79 Å². The second kappa shape index (κ2) is 6.01. The van der Waals surface area contributed by atoms with Gasteiger partial charge in [0.05, 0.1) is 5.69 Å². The van der Waals surface area contributed by atoms with Gasteiger partial charge in [-0.15, -0.1) is 0 Å². The zero-order valence-electron chi connectivity index (χ0n) is 10.8. The summed E-state index contributed by atoms with van der Waals surface area (Å²) >= 11 is 1.05. The van der Waals surface area contributed by atoms with Crippen molar-refractivity contribution in [3.05, 3.63) is 11.3 Å². The molecule has 1 aromatic heterocycles. The third-order valence-corrected chi connectivity index (χ3v) is 3.89. The van der Waals surface area contributed by atoms with Gasteiger partial charge in [0.2, 0.25) is 0 Å². The van der Waals surface area contributed by atoms with Crippen LogP contribution in [0.1, 0.15) is 35.3 Å². The second-order valence-corrected chi connectivity index (χ2v) is 5.33. The van der Waals surface area contributed by atoms with Crippen molar-refractivity contribution in [1.29, 1.82) is 0 Å². The molecule has 1 aliphatic heterocycles. The van der Waals surface area contributed by atoms with E-state index in [-0.39, 0.29) is 18.1 Å². The fourth-order valence-corrected chi connectivity index (χ4v) is 2.72. The number of hydrogen-bond acceptors (Lipinski definition) is 6. The van der Waals surface area contributed by atoms with E-state index in [0.29, 0.717) is 10.7 Å². The summed E-state index contributed by atoms with van der Waals surface area (Å²) in [5.41, 5.74) is 6.47. The standard InChI is InChI=1S/C12H17N3O3S/c1-8-10(11(13)19-14-8)12(17)18-7-9(16)15-5-3-2-4-6-15/h2-7,13H2,1H3. The molecule has 2 rings (SSSR count). The Kier molecular flexibility index (Phi) is 4.36. The second-order valence-electron chi connectivity index (χ2n) is 4.52. The van der Waals surface area contributed by atoms with Crippen LogP contribution in [0.3, 0.4) is 0 Å². The van der Waals surface area contributed by atoms with Crippen LogP contribution in [0.2, 0.25) is 0 Å². The van der Waals surface area contributed by atoms with Crippen molar-refractivity contribution in [2.24, 2.45) is 0 Å². The zero-order valence-corrected chi connectivity index (χ0v) is 11.7. The zero-order chi connectivity index (χ0) is 13.8. The van der Waals surface area contributed by atoms with Gasteiger partial charge in [0, 0.05) is 13.1 Å². The number of carbonyl (C=O) groups excluding carboxylic acids is 2. The Labute approximate surface area is 115 Å². The number of aryl methyl sites for hydroxylation is 1. The number of nitrogen functional groups attached to an aromatic ring is 1. The van der Waals surface area contributed by atoms with Crippen LogP contribution in [0.25, 0.3) is 0 Å². The number of nitrogens with two attached hydrogens (primary N) is 1. The molecule has 0 radical (unpaired) electrons. The molecule has 2 heterocycles. The highest BCUT2D eigenvalue weighted by Gasteiger charge is 2.21. The number of ether oxygens (including phenoxy) is 1. The van der Waals surface area contributed by atoms with Crippen molar-refractivity contribution in [3.8, 4) is 0 Å². The predicted octanol–water partition coefficient (Wildman–Crippen LogP) is 1.20. The van der Waals surface area contributed by atoms with Gasteiger partial charge in [-0.25, -0.2) is 4.79 Å². The van der Waals surface area contributed by atoms with Crippen molar-refractivity contribution < 1.29 is 14.3 Å². The summed E-state index contributed by atoms with van der Waals surface area (Å²) in [6, 6.07) is 0. The minimum Gasteiger partial charge on any atom is -0.452 e. The first-order chi connectivity index (χ1) is 9.09. The van der Waals surface area contributed by atoms with Crippen LogP contribution < -0.4 is 5.73 Å². The largest absolute Gasteiger partial charge is 0.452 e. The highest BCUT2D eigenvalue weighted by Crippen LogP contribution is 2.21. The SMILES string of the molecule is Cc1nsc(N)c1C(=O)OCC(=O)N1CCCCC1. The fourth-order valence-electron chi connectivity index (χ4n) is 2.07. The minimum atomic E-state index is -0.575. The van der Waals surface area contributed by atoms with E-state index < -0.39 is 5.97 Å². The van der Waals surface area contributed by atoms with Gasteiger partial charge in [0.25, 0.3) is 5.91 Å². The molecular formula is C12H17N3O3S. The van der Waals surface area contributed by atoms with E-state index >= 15 is 0 Å². The number of rotatable bonds is 3. The predicted molar refractivity (Wildman–Crippen MR) is 72.0 cm³/mol. The Morgan fingerprint density at radius 2 is 2.05 bits per heavy atom. The third-order valence-electron chi connectivity index (χ3n) is 3.13. The van der Waals surface area contributed by atoms with E-state index in [2.05, 4.69) is 4.37 Å². The highest BCUT2D eigenvalue weighted by atomic mass is 32.1. The van der Waals surface area contributed by atoms with Crippen LogP contribution >= 0.6 is 11.5 Å². The Bertz CT molecular complexity index is 461. The van der Waals surface area contributed by atoms with Crippen LogP contribution in [-0.4, -0.2) is 40.8 Å². The molecule has 0 bridgehead atoms. The van der Waals surface area contributed by atoms with Gasteiger partial charge in [0.1, 0.15) is 10.6 Å². The number of amides is 1. The lowest BCUT2D eigenvalue weighted by atomic mass is 10.1. The molecule has 1 amide bonds. The Morgan fingerprint density at radius 1 is 1.37 bits per heavy atom. The lowest BCUT2D eigenvalue weighted by molar-refractivity contribution is -0.135. The van der Waals surface area contributed by atoms with Crippen LogP contribution in [-0.2, 0) is 9.53 Å². The molecule has 1 aromatic rings. The minimum absolute atomic E-state index is 0.146. The smallest absolute Gasteiger partial charge is 0.343 e. The Morgan fingerprint density at radius 3 is 2.63 bits per heavy atom. The number of piperidine rings is 1. The maximum atomic E-state index is 11.8. The molecule has 0 aliphatic carbocycles. The Hall–Kier alpha value is -1.63. The van der Waals surface area contributed by atoms with Crippen molar-refractivity contribution in [2.45, 2.75) is 26.2 Å². The van der Waals surface area contributed by atoms with Crippen LogP contribution in [0, 0.1) is 6.92 Å². The molecule has 0 aromatic carbocycles. The van der Waals surface area contributed by atoms with Gasteiger partial charge in [-0.05, 0) is 37.7 Å². The van der Waals surface area contributed by atoms with Gasteiger partial charge < -0.3 is 15.4 Å². The number of aromatic nitrogens is 1. The van der Waals surface area contributed by atoms with Gasteiger partial charge in [-0.2, -0.15) is 4.37 Å². The lowest BCUT2D eigenvalue weighted by Crippen LogP contribution is -2.38. The molecule has 7 heteroatoms. The van der Waals surface area contributed by atoms with E-state index in [4.69, 9.17) is 10.5 Å². The summed E-state index contributed by atoms with van der Waals surface area (Å²) in [5.74, 6) is -0.721. The average molecular weight is 283 g/mol. The summed E-state index contributed by atoms with van der Waals surface area (Å²) in [7, 11) is 0. The fraction of sp³-hybridized carbons (Fsp3) is 0.583. The molecule has 0 saturated carbocycles. The van der Waals surface area contributed by atoms with Gasteiger partial charge >= 0.3 is 5.97 Å². The van der Waals surface area contributed by atoms with E-state index in [1.807, 2.05) is 0 Å². The molecule has 19 heavy (non-hydrogen) atoms. The molecule has 1 aliphatic rings. The number of esters is 1. The Balaban J connectivity index is 1.88. The quantitative estimate of drug-likeness (QED) is 0.842. The number of likely N-dealkylation sites (tertiary alicyclic amines) is 1. The van der Waals surface area contributed by atoms with Crippen molar-refractivity contribution in [3.63, 3.8) is 0 Å². The first-order valence-electron chi connectivity index (χ1n) is 6.26. The van der Waals surface area contributed by atoms with Gasteiger partial charge in [-0.1, -0.05) is 0 Å². The van der Waals surface area contributed by atoms with Gasteiger partial charge in [0.15, 0.2) is 6.61 Å². The van der Waals surface area contributed by atoms with Crippen LogP contribution in [0.15, 0.2) is 0 Å². The molecule has 6 nitrogen and oxygen atoms in total. The van der Waals surface area contributed by atoms with Crippen LogP contribution in [0.5, 0.6) is 0 Å². The first kappa shape index (κ1) is 13.8. The summed E-state index contributed by atoms with van der Waals surface area (Å²) in [5, 5.41) is 0.327. The average Bonchev–Trinajstić information content (AvgIpc) is 2.76. The molecule has 1 saturated heterocycles. The monoisotopic (exact) mass is 283 g/mol. The van der Waals surface area contributed by atoms with Crippen LogP contribution in [0.4, 0.5) is 5.00 Å². The van der Waals surface area contributed by atoms with E-state index in [9.17, 15) is 9.59 Å². The number of nitrogens with zero attached hydrogens (tertiary/aromatic N) is 2. The van der Waals surface area contributed by atoms with E-state index in [0.717, 1.165) is 43.9 Å². The normalized spacial score (nSPS) is 15.3. The van der Waals surface area contributed by atoms with E-state index in [1.165, 1.54) is 0 Å². The summed E-state index contributed by atoms with van der Waals surface area (Å²) < 4.78 is 8.99. The maximum absolute atomic E-state index is 11.8. The summed E-state index contributed by atoms with van der Waals surface area (Å²) in [6.45, 7) is 2.96. The molecule has 104 valence electrons. The van der Waals surface area contributed by atoms with E-state index in [1.54, 1.807) is 11.8 Å². The highest BCUT2D eigenvalue weighted by molar-refractivity contribution is 7.10. The van der Waals surface area contributed by atoms with Crippen molar-refractivity contribution >= 4 is 28.4 Å². The molecule has 2 N–H and O–H groups in total. The third kappa shape index (κ3) is 3.23. The molecule has 0 spiro atoms. The van der Waals surface area contributed by atoms with Crippen molar-refractivity contribution in [2.75, 3.05) is 25.4 Å². The molecule has 0 atom stereocenters. The lowest BCUT2D eigenvalue weighted by Gasteiger charge is -2.26. The molecule has 1 fully saturated rings. The maximum Gasteiger partial charge on any atom is 0.343 e. The summed E-state index contributed by atoms with van der Waals surface area (Å²) in [6.07, 6.45) is 3.18. The van der Waals surface area contributed by atoms with Crippen molar-refractivity contribution in [1.82, 2.24) is 9.27 Å². The topological polar surface area (TPSA) is 85.5 Å². The summed E-state index contributed by atoms with van der Waals surface area (Å²) in [4.78, 5) is 25.4. The number of hydrogen-bond donors (Lipinski definition) is 1. The first-order valence-corrected chi connectivity index (χ1v) is 7.03.